The van der Waals surface area contributed by atoms with E-state index in [0.717, 1.165) is 32.1 Å². The van der Waals surface area contributed by atoms with Gasteiger partial charge in [-0.1, -0.05) is 153 Å². The van der Waals surface area contributed by atoms with E-state index in [0.29, 0.717) is 0 Å². The van der Waals surface area contributed by atoms with Crippen molar-refractivity contribution in [2.75, 3.05) is 9.71 Å². The molecule has 0 saturated heterocycles. The topological polar surface area (TPSA) is 6.48 Å². The Labute approximate surface area is 398 Å². The van der Waals surface area contributed by atoms with Crippen LogP contribution in [-0.2, 0) is 30.1 Å². The van der Waals surface area contributed by atoms with Gasteiger partial charge in [0.2, 0.25) is 0 Å². The Morgan fingerprint density at radius 3 is 1.89 bits per heavy atom. The van der Waals surface area contributed by atoms with Gasteiger partial charge in [-0.3, -0.25) is 0 Å². The van der Waals surface area contributed by atoms with Gasteiger partial charge in [0.15, 0.2) is 0 Å². The monoisotopic (exact) mass is 880 g/mol. The Kier molecular flexibility index (Phi) is 11.0. The van der Waals surface area contributed by atoms with Gasteiger partial charge in [0.25, 0.3) is 0 Å². The molecule has 0 spiro atoms. The first kappa shape index (κ1) is 43.0. The summed E-state index contributed by atoms with van der Waals surface area (Å²) in [5.74, 6) is 0. The fraction of sp³-hybridized carbons (Fsp3) is 0.323. The smallest absolute Gasteiger partial charge is 0.333 e. The van der Waals surface area contributed by atoms with Crippen molar-refractivity contribution in [3.8, 4) is 22.3 Å². The molecule has 1 aliphatic carbocycles. The Hall–Kier alpha value is -5.58. The molecule has 4 heteroatoms. The Morgan fingerprint density at radius 2 is 1.17 bits per heavy atom. The molecule has 66 heavy (non-hydrogen) atoms. The van der Waals surface area contributed by atoms with Crippen LogP contribution < -0.4 is 20.6 Å². The molecular weight excluding hydrogens is 816 g/mol. The van der Waals surface area contributed by atoms with Crippen LogP contribution in [0.4, 0.5) is 28.4 Å². The van der Waals surface area contributed by atoms with Crippen LogP contribution in [-0.4, -0.2) is 6.85 Å². The van der Waals surface area contributed by atoms with Gasteiger partial charge < -0.3 is 9.71 Å². The van der Waals surface area contributed by atoms with Crippen molar-refractivity contribution >= 4 is 77.7 Å². The molecule has 0 bridgehead atoms. The molecule has 8 aromatic rings. The summed E-state index contributed by atoms with van der Waals surface area (Å²) in [6.45, 7) is 16.9. The number of fused-ring (bicyclic) bond motifs is 9. The van der Waals surface area contributed by atoms with Crippen LogP contribution in [0, 0.1) is 0 Å². The first-order valence-corrected chi connectivity index (χ1v) is 26.1. The van der Waals surface area contributed by atoms with Crippen LogP contribution in [0.15, 0.2) is 133 Å². The van der Waals surface area contributed by atoms with Crippen molar-refractivity contribution in [3.63, 3.8) is 0 Å². The summed E-state index contributed by atoms with van der Waals surface area (Å²) in [5, 5.41) is 2.68. The number of unbranched alkanes of at least 4 members (excludes halogenated alkanes) is 3. The fourth-order valence-electron chi connectivity index (χ4n) is 11.8. The summed E-state index contributed by atoms with van der Waals surface area (Å²) in [6.07, 6.45) is 12.7. The second kappa shape index (κ2) is 16.9. The quantitative estimate of drug-likeness (QED) is 0.113. The van der Waals surface area contributed by atoms with Gasteiger partial charge in [-0.05, 0) is 161 Å². The molecule has 0 unspecified atom stereocenters. The van der Waals surface area contributed by atoms with E-state index < -0.39 is 0 Å². The largest absolute Gasteiger partial charge is 0.376 e. The second-order valence-corrected chi connectivity index (χ2v) is 22.1. The van der Waals surface area contributed by atoms with E-state index in [9.17, 15) is 0 Å². The molecule has 3 heterocycles. The van der Waals surface area contributed by atoms with Crippen molar-refractivity contribution < 1.29 is 0 Å². The van der Waals surface area contributed by atoms with Gasteiger partial charge in [0.1, 0.15) is 0 Å². The molecule has 0 fully saturated rings. The van der Waals surface area contributed by atoms with Crippen LogP contribution in [0.1, 0.15) is 128 Å². The first-order valence-electron chi connectivity index (χ1n) is 25.3. The van der Waals surface area contributed by atoms with E-state index in [1.165, 1.54) is 148 Å². The third kappa shape index (κ3) is 7.13. The molecular formula is C62H65BN2S. The zero-order valence-electron chi connectivity index (χ0n) is 40.4. The highest BCUT2D eigenvalue weighted by molar-refractivity contribution is 7.26. The van der Waals surface area contributed by atoms with Crippen molar-refractivity contribution in [3.05, 3.63) is 161 Å². The van der Waals surface area contributed by atoms with Crippen LogP contribution in [0.25, 0.3) is 42.4 Å². The number of rotatable bonds is 12. The van der Waals surface area contributed by atoms with Crippen LogP contribution in [0.3, 0.4) is 0 Å². The van der Waals surface area contributed by atoms with Crippen molar-refractivity contribution in [1.82, 2.24) is 0 Å². The Bertz CT molecular complexity index is 3120. The highest BCUT2D eigenvalue weighted by Crippen LogP contribution is 2.55. The summed E-state index contributed by atoms with van der Waals surface area (Å²) in [6, 6.07) is 52.9. The highest BCUT2D eigenvalue weighted by Gasteiger charge is 2.48. The number of hydrogen-bond donors (Lipinski definition) is 0. The van der Waals surface area contributed by atoms with Crippen molar-refractivity contribution in [2.24, 2.45) is 0 Å². The second-order valence-electron chi connectivity index (χ2n) is 21.0. The summed E-state index contributed by atoms with van der Waals surface area (Å²) >= 11 is 1.97. The minimum absolute atomic E-state index is 0.0353. The summed E-state index contributed by atoms with van der Waals surface area (Å²) in [5.41, 5.74) is 22.1. The summed E-state index contributed by atoms with van der Waals surface area (Å²) < 4.78 is 2.70. The van der Waals surface area contributed by atoms with Gasteiger partial charge in [-0.2, -0.15) is 0 Å². The summed E-state index contributed by atoms with van der Waals surface area (Å²) in [7, 11) is 0. The van der Waals surface area contributed by atoms with Gasteiger partial charge in [0.05, 0.1) is 16.1 Å². The van der Waals surface area contributed by atoms with E-state index in [1.807, 2.05) is 11.3 Å². The summed E-state index contributed by atoms with van der Waals surface area (Å²) in [4.78, 5) is 5.52. The molecule has 11 rings (SSSR count). The third-order valence-electron chi connectivity index (χ3n) is 15.6. The Morgan fingerprint density at radius 1 is 0.530 bits per heavy atom. The van der Waals surface area contributed by atoms with Gasteiger partial charge in [0, 0.05) is 43.7 Å². The normalized spacial score (nSPS) is 15.5. The lowest BCUT2D eigenvalue weighted by Crippen LogP contribution is -2.61. The average Bonchev–Trinajstić information content (AvgIpc) is 3.73. The standard InChI is InChI=1S/C62H65BN2S/c1-8-11-19-41-26-29-45(30-27-41)65-55-40-52-51(61(4,5)34-35-62(52,6)7)39-49(55)50-37-43(21-13-10-3)38-56-58(50)63(65)53-32-31-47-46-24-17-18-25-57(46)66-60(47)59(53)64(56)54-33-28-42(20-12-9-2)36-48(54)44-22-15-14-16-23-44/h14-18,22-33,36-40H,8-13,19-21,34-35H2,1-7H3. The molecule has 2 nitrogen and oxygen atoms in total. The van der Waals surface area contributed by atoms with Crippen LogP contribution in [0.5, 0.6) is 0 Å². The molecule has 332 valence electrons. The average molecular weight is 881 g/mol. The number of nitrogens with zero attached hydrogens (tertiary/aromatic N) is 2. The van der Waals surface area contributed by atoms with Crippen molar-refractivity contribution in [2.45, 2.75) is 130 Å². The lowest BCUT2D eigenvalue weighted by Gasteiger charge is -2.48. The minimum atomic E-state index is -0.0353. The highest BCUT2D eigenvalue weighted by atomic mass is 32.1. The Balaban J connectivity index is 1.28. The number of hydrogen-bond acceptors (Lipinski definition) is 3. The molecule has 0 atom stereocenters. The zero-order chi connectivity index (χ0) is 45.3. The van der Waals surface area contributed by atoms with Gasteiger partial charge in [-0.25, -0.2) is 0 Å². The van der Waals surface area contributed by atoms with Gasteiger partial charge in [-0.15, -0.1) is 11.3 Å². The number of aryl methyl sites for hydroxylation is 3. The molecule has 0 amide bonds. The van der Waals surface area contributed by atoms with Crippen LogP contribution >= 0.6 is 11.3 Å². The molecule has 3 aliphatic rings. The molecule has 0 N–H and O–H groups in total. The van der Waals surface area contributed by atoms with Crippen molar-refractivity contribution in [1.29, 1.82) is 0 Å². The lowest BCUT2D eigenvalue weighted by atomic mass is 9.43. The molecule has 7 aromatic carbocycles. The number of anilines is 5. The maximum Gasteiger partial charge on any atom is 0.333 e. The van der Waals surface area contributed by atoms with E-state index in [1.54, 1.807) is 0 Å². The van der Waals surface area contributed by atoms with E-state index in [-0.39, 0.29) is 17.7 Å². The maximum atomic E-state index is 2.77. The molecule has 1 aromatic heterocycles. The maximum absolute atomic E-state index is 2.77. The number of benzene rings is 7. The van der Waals surface area contributed by atoms with E-state index in [2.05, 4.69) is 192 Å². The molecule has 0 saturated carbocycles. The third-order valence-corrected chi connectivity index (χ3v) is 16.8. The molecule has 0 radical (unpaired) electrons. The lowest BCUT2D eigenvalue weighted by molar-refractivity contribution is 0.332. The molecule has 2 aliphatic heterocycles. The van der Waals surface area contributed by atoms with E-state index >= 15 is 0 Å². The van der Waals surface area contributed by atoms with Gasteiger partial charge >= 0.3 is 6.85 Å². The SMILES string of the molecule is CCCCc1ccc(N2B3c4ccc5c(sc6ccccc65)c4N(c4ccc(CCCC)cc4-c4ccccc4)c4cc(CCCC)cc(c43)-c3cc4c(cc32)C(C)(C)CCC4(C)C)cc1. The first-order chi connectivity index (χ1) is 32.1. The zero-order valence-corrected chi connectivity index (χ0v) is 41.2. The van der Waals surface area contributed by atoms with E-state index in [4.69, 9.17) is 0 Å². The predicted molar refractivity (Wildman–Crippen MR) is 290 cm³/mol. The minimum Gasteiger partial charge on any atom is -0.376 e. The fourth-order valence-corrected chi connectivity index (χ4v) is 13.0. The van der Waals surface area contributed by atoms with Crippen LogP contribution in [0.2, 0.25) is 0 Å². The number of thiophene rings is 1. The predicted octanol–water partition coefficient (Wildman–Crippen LogP) is 16.8.